The van der Waals surface area contributed by atoms with Crippen molar-refractivity contribution in [3.63, 3.8) is 0 Å². The van der Waals surface area contributed by atoms with Crippen LogP contribution in [0, 0.1) is 11.8 Å². The number of nitrogens with one attached hydrogen (secondary N) is 2. The third-order valence-corrected chi connectivity index (χ3v) is 5.64. The number of benzene rings is 1. The third-order valence-electron chi connectivity index (χ3n) is 5.64. The summed E-state index contributed by atoms with van der Waals surface area (Å²) in [6.07, 6.45) is 1.90. The zero-order valence-electron chi connectivity index (χ0n) is 17.4. The molecule has 6 nitrogen and oxygen atoms in total. The predicted octanol–water partition coefficient (Wildman–Crippen LogP) is 2.59. The van der Waals surface area contributed by atoms with E-state index in [1.165, 1.54) is 0 Å². The first-order valence-electron chi connectivity index (χ1n) is 10.3. The number of nitrogens with zero attached hydrogens (tertiary/aromatic N) is 1. The SMILES string of the molecule is CCC(=O)N1CCC(C(NC(=O)c2ccccc2)C(=O)NC(C)C(C)C)CC1. The molecule has 2 unspecified atom stereocenters. The lowest BCUT2D eigenvalue weighted by Crippen LogP contribution is -2.55. The second-order valence-corrected chi connectivity index (χ2v) is 7.93. The number of hydrogen-bond donors (Lipinski definition) is 2. The Balaban J connectivity index is 2.11. The molecule has 0 aliphatic carbocycles. The molecule has 1 saturated heterocycles. The molecule has 0 bridgehead atoms. The molecule has 154 valence electrons. The smallest absolute Gasteiger partial charge is 0.251 e. The van der Waals surface area contributed by atoms with Gasteiger partial charge in [0.1, 0.15) is 6.04 Å². The van der Waals surface area contributed by atoms with Gasteiger partial charge in [-0.05, 0) is 43.7 Å². The van der Waals surface area contributed by atoms with E-state index in [0.717, 1.165) is 0 Å². The van der Waals surface area contributed by atoms with Gasteiger partial charge in [-0.1, -0.05) is 39.0 Å². The maximum absolute atomic E-state index is 13.0. The molecule has 1 aromatic rings. The molecule has 0 saturated carbocycles. The Bertz CT molecular complexity index is 667. The summed E-state index contributed by atoms with van der Waals surface area (Å²) in [5.41, 5.74) is 0.538. The molecule has 28 heavy (non-hydrogen) atoms. The molecule has 0 radical (unpaired) electrons. The van der Waals surface area contributed by atoms with Crippen molar-refractivity contribution < 1.29 is 14.4 Å². The van der Waals surface area contributed by atoms with Crippen LogP contribution in [0.3, 0.4) is 0 Å². The van der Waals surface area contributed by atoms with Gasteiger partial charge >= 0.3 is 0 Å². The van der Waals surface area contributed by atoms with Crippen LogP contribution < -0.4 is 10.6 Å². The zero-order chi connectivity index (χ0) is 20.7. The number of likely N-dealkylation sites (tertiary alicyclic amines) is 1. The number of amides is 3. The first kappa shape index (κ1) is 21.9. The van der Waals surface area contributed by atoms with Gasteiger partial charge < -0.3 is 15.5 Å². The minimum Gasteiger partial charge on any atom is -0.352 e. The number of carbonyl (C=O) groups is 3. The summed E-state index contributed by atoms with van der Waals surface area (Å²) >= 11 is 0. The van der Waals surface area contributed by atoms with Crippen LogP contribution in [-0.4, -0.2) is 47.8 Å². The molecule has 1 aliphatic rings. The van der Waals surface area contributed by atoms with Gasteiger partial charge in [-0.15, -0.1) is 0 Å². The minimum atomic E-state index is -0.604. The van der Waals surface area contributed by atoms with Crippen LogP contribution >= 0.6 is 0 Å². The Morgan fingerprint density at radius 2 is 1.64 bits per heavy atom. The Hall–Kier alpha value is -2.37. The van der Waals surface area contributed by atoms with E-state index in [0.29, 0.717) is 43.8 Å². The number of hydrogen-bond acceptors (Lipinski definition) is 3. The van der Waals surface area contributed by atoms with E-state index in [2.05, 4.69) is 24.5 Å². The van der Waals surface area contributed by atoms with Gasteiger partial charge in [0.25, 0.3) is 5.91 Å². The summed E-state index contributed by atoms with van der Waals surface area (Å²) < 4.78 is 0. The van der Waals surface area contributed by atoms with Gasteiger partial charge in [0.15, 0.2) is 0 Å². The van der Waals surface area contributed by atoms with Crippen molar-refractivity contribution >= 4 is 17.7 Å². The Morgan fingerprint density at radius 3 is 2.18 bits per heavy atom. The van der Waals surface area contributed by atoms with Gasteiger partial charge in [-0.2, -0.15) is 0 Å². The van der Waals surface area contributed by atoms with Gasteiger partial charge in [0.05, 0.1) is 0 Å². The Kier molecular flexibility index (Phi) is 8.03. The van der Waals surface area contributed by atoms with Gasteiger partial charge in [0.2, 0.25) is 11.8 Å². The maximum atomic E-state index is 13.0. The predicted molar refractivity (Wildman–Crippen MR) is 110 cm³/mol. The fraction of sp³-hybridized carbons (Fsp3) is 0.591. The molecule has 2 atom stereocenters. The summed E-state index contributed by atoms with van der Waals surface area (Å²) in [7, 11) is 0. The highest BCUT2D eigenvalue weighted by molar-refractivity contribution is 5.97. The van der Waals surface area contributed by atoms with Crippen LogP contribution in [0.1, 0.15) is 57.3 Å². The fourth-order valence-corrected chi connectivity index (χ4v) is 3.40. The maximum Gasteiger partial charge on any atom is 0.251 e. The highest BCUT2D eigenvalue weighted by atomic mass is 16.2. The van der Waals surface area contributed by atoms with Crippen LogP contribution in [0.15, 0.2) is 30.3 Å². The van der Waals surface area contributed by atoms with Crippen LogP contribution in [0.2, 0.25) is 0 Å². The zero-order valence-corrected chi connectivity index (χ0v) is 17.4. The van der Waals surface area contributed by atoms with E-state index >= 15 is 0 Å². The molecule has 2 rings (SSSR count). The highest BCUT2D eigenvalue weighted by Crippen LogP contribution is 2.22. The molecule has 0 spiro atoms. The topological polar surface area (TPSA) is 78.5 Å². The Labute approximate surface area is 168 Å². The molecule has 6 heteroatoms. The van der Waals surface area contributed by atoms with Crippen molar-refractivity contribution in [1.82, 2.24) is 15.5 Å². The fourth-order valence-electron chi connectivity index (χ4n) is 3.40. The van der Waals surface area contributed by atoms with Crippen LogP contribution in [-0.2, 0) is 9.59 Å². The third kappa shape index (κ3) is 5.81. The van der Waals surface area contributed by atoms with Crippen molar-refractivity contribution in [3.05, 3.63) is 35.9 Å². The lowest BCUT2D eigenvalue weighted by Gasteiger charge is -2.36. The second kappa shape index (κ2) is 10.2. The Morgan fingerprint density at radius 1 is 1.04 bits per heavy atom. The largest absolute Gasteiger partial charge is 0.352 e. The highest BCUT2D eigenvalue weighted by Gasteiger charge is 2.34. The lowest BCUT2D eigenvalue weighted by atomic mass is 9.88. The van der Waals surface area contributed by atoms with Gasteiger partial charge in [0, 0.05) is 31.1 Å². The van der Waals surface area contributed by atoms with E-state index in [4.69, 9.17) is 0 Å². The average molecular weight is 388 g/mol. The lowest BCUT2D eigenvalue weighted by molar-refractivity contribution is -0.132. The quantitative estimate of drug-likeness (QED) is 0.755. The van der Waals surface area contributed by atoms with Crippen molar-refractivity contribution in [2.24, 2.45) is 11.8 Å². The van der Waals surface area contributed by atoms with E-state index in [9.17, 15) is 14.4 Å². The summed E-state index contributed by atoms with van der Waals surface area (Å²) in [5.74, 6) is 0.0587. The molecular formula is C22H33N3O3. The first-order chi connectivity index (χ1) is 13.3. The van der Waals surface area contributed by atoms with Crippen molar-refractivity contribution in [2.75, 3.05) is 13.1 Å². The first-order valence-corrected chi connectivity index (χ1v) is 10.3. The normalized spacial score (nSPS) is 17.1. The number of rotatable bonds is 7. The molecular weight excluding hydrogens is 354 g/mol. The van der Waals surface area contributed by atoms with Crippen LogP contribution in [0.5, 0.6) is 0 Å². The average Bonchev–Trinajstić information content (AvgIpc) is 2.71. The van der Waals surface area contributed by atoms with E-state index in [1.807, 2.05) is 24.8 Å². The molecule has 3 amide bonds. The number of piperidine rings is 1. The molecule has 2 N–H and O–H groups in total. The van der Waals surface area contributed by atoms with Crippen molar-refractivity contribution in [2.45, 2.75) is 59.0 Å². The van der Waals surface area contributed by atoms with E-state index in [1.54, 1.807) is 24.3 Å². The standard InChI is InChI=1S/C22H33N3O3/c1-5-19(26)25-13-11-17(12-14-25)20(22(28)23-16(4)15(2)3)24-21(27)18-9-7-6-8-10-18/h6-10,15-17,20H,5,11-14H2,1-4H3,(H,23,28)(H,24,27). The molecule has 1 fully saturated rings. The molecule has 1 aromatic carbocycles. The summed E-state index contributed by atoms with van der Waals surface area (Å²) in [6, 6.07) is 8.36. The van der Waals surface area contributed by atoms with Gasteiger partial charge in [-0.3, -0.25) is 14.4 Å². The molecule has 0 aromatic heterocycles. The molecule has 1 aliphatic heterocycles. The van der Waals surface area contributed by atoms with E-state index < -0.39 is 6.04 Å². The van der Waals surface area contributed by atoms with Crippen molar-refractivity contribution in [3.8, 4) is 0 Å². The molecule has 1 heterocycles. The summed E-state index contributed by atoms with van der Waals surface area (Å²) in [4.78, 5) is 39.5. The summed E-state index contributed by atoms with van der Waals surface area (Å²) in [5, 5.41) is 6.00. The summed E-state index contributed by atoms with van der Waals surface area (Å²) in [6.45, 7) is 9.19. The number of carbonyl (C=O) groups excluding carboxylic acids is 3. The minimum absolute atomic E-state index is 0.00734. The van der Waals surface area contributed by atoms with Gasteiger partial charge in [-0.25, -0.2) is 0 Å². The van der Waals surface area contributed by atoms with Crippen LogP contribution in [0.25, 0.3) is 0 Å². The second-order valence-electron chi connectivity index (χ2n) is 7.93. The van der Waals surface area contributed by atoms with Crippen LogP contribution in [0.4, 0.5) is 0 Å². The van der Waals surface area contributed by atoms with E-state index in [-0.39, 0.29) is 29.7 Å². The monoisotopic (exact) mass is 387 g/mol. The van der Waals surface area contributed by atoms with Crippen molar-refractivity contribution in [1.29, 1.82) is 0 Å².